The zero-order valence-electron chi connectivity index (χ0n) is 19.4. The zero-order chi connectivity index (χ0) is 23.2. The third kappa shape index (κ3) is 4.93. The first kappa shape index (κ1) is 23.0. The third-order valence-corrected chi connectivity index (χ3v) is 6.46. The summed E-state index contributed by atoms with van der Waals surface area (Å²) in [7, 11) is 1.55. The topological polar surface area (TPSA) is 76.5 Å². The lowest BCUT2D eigenvalue weighted by atomic mass is 10.00. The Labute approximate surface area is 194 Å². The van der Waals surface area contributed by atoms with Gasteiger partial charge in [0.1, 0.15) is 11.4 Å². The largest absolute Gasteiger partial charge is 0.494 e. The number of rotatable bonds is 8. The van der Waals surface area contributed by atoms with Crippen molar-refractivity contribution in [1.29, 1.82) is 0 Å². The molecule has 1 saturated heterocycles. The zero-order valence-corrected chi connectivity index (χ0v) is 19.4. The van der Waals surface area contributed by atoms with Gasteiger partial charge in [0.2, 0.25) is 0 Å². The molecule has 2 aromatic carbocycles. The average Bonchev–Trinajstić information content (AvgIpc) is 2.87. The highest BCUT2D eigenvalue weighted by Crippen LogP contribution is 2.22. The summed E-state index contributed by atoms with van der Waals surface area (Å²) in [4.78, 5) is 28.9. The van der Waals surface area contributed by atoms with E-state index in [4.69, 9.17) is 4.74 Å². The maximum absolute atomic E-state index is 13.2. The summed E-state index contributed by atoms with van der Waals surface area (Å²) < 4.78 is 6.68. The molecule has 174 valence electrons. The first-order valence-corrected chi connectivity index (χ1v) is 11.8. The maximum atomic E-state index is 13.2. The molecule has 0 aliphatic carbocycles. The lowest BCUT2D eigenvalue weighted by molar-refractivity contribution is 0.0942. The van der Waals surface area contributed by atoms with Crippen LogP contribution in [0.4, 0.5) is 0 Å². The minimum absolute atomic E-state index is 0.237. The number of ether oxygens (including phenoxy) is 1. The number of carbonyl (C=O) groups is 1. The Morgan fingerprint density at radius 1 is 1.12 bits per heavy atom. The van der Waals surface area contributed by atoms with Crippen LogP contribution in [-0.4, -0.2) is 53.4 Å². The monoisotopic (exact) mass is 448 g/mol. The van der Waals surface area contributed by atoms with Crippen molar-refractivity contribution in [3.63, 3.8) is 0 Å². The summed E-state index contributed by atoms with van der Waals surface area (Å²) in [5.74, 6) is 0.237. The molecular formula is C26H32N4O3. The summed E-state index contributed by atoms with van der Waals surface area (Å²) in [5.41, 5.74) is 0.448. The van der Waals surface area contributed by atoms with Gasteiger partial charge in [-0.15, -0.1) is 0 Å². The molecule has 1 amide bonds. The second-order valence-corrected chi connectivity index (χ2v) is 8.49. The number of hydrogen-bond donors (Lipinski definition) is 1. The van der Waals surface area contributed by atoms with Crippen molar-refractivity contribution in [2.45, 2.75) is 45.1 Å². The molecule has 0 radical (unpaired) electrons. The first-order valence-electron chi connectivity index (χ1n) is 11.8. The fraction of sp³-hybridized carbons (Fsp3) is 0.423. The number of para-hydroxylation sites is 2. The van der Waals surface area contributed by atoms with Crippen molar-refractivity contribution >= 4 is 16.7 Å². The van der Waals surface area contributed by atoms with Crippen LogP contribution in [0.15, 0.2) is 53.3 Å². The van der Waals surface area contributed by atoms with Crippen LogP contribution in [0.1, 0.15) is 49.5 Å². The molecule has 1 aliphatic rings. The molecule has 0 spiro atoms. The van der Waals surface area contributed by atoms with E-state index in [2.05, 4.69) is 22.2 Å². The van der Waals surface area contributed by atoms with E-state index in [1.807, 2.05) is 18.2 Å². The van der Waals surface area contributed by atoms with Gasteiger partial charge >= 0.3 is 0 Å². The number of amides is 1. The van der Waals surface area contributed by atoms with E-state index in [1.165, 1.54) is 30.4 Å². The number of fused-ring (bicyclic) bond motifs is 1. The van der Waals surface area contributed by atoms with Crippen molar-refractivity contribution in [2.24, 2.45) is 0 Å². The minimum Gasteiger partial charge on any atom is -0.494 e. The molecule has 2 heterocycles. The number of nitrogens with zero attached hydrogens (tertiary/aromatic N) is 3. The second-order valence-electron chi connectivity index (χ2n) is 8.49. The number of aromatic nitrogens is 2. The van der Waals surface area contributed by atoms with E-state index in [9.17, 15) is 9.59 Å². The Morgan fingerprint density at radius 3 is 2.67 bits per heavy atom. The first-order chi connectivity index (χ1) is 16.1. The maximum Gasteiger partial charge on any atom is 0.279 e. The van der Waals surface area contributed by atoms with E-state index >= 15 is 0 Å². The fourth-order valence-corrected chi connectivity index (χ4v) is 4.71. The van der Waals surface area contributed by atoms with Gasteiger partial charge in [-0.3, -0.25) is 9.59 Å². The predicted molar refractivity (Wildman–Crippen MR) is 130 cm³/mol. The minimum atomic E-state index is -0.289. The number of hydrogen-bond acceptors (Lipinski definition) is 5. The van der Waals surface area contributed by atoms with Crippen LogP contribution in [-0.2, 0) is 0 Å². The van der Waals surface area contributed by atoms with E-state index in [1.54, 1.807) is 37.4 Å². The Kier molecular flexibility index (Phi) is 7.40. The smallest absolute Gasteiger partial charge is 0.279 e. The van der Waals surface area contributed by atoms with Crippen molar-refractivity contribution in [3.8, 4) is 11.4 Å². The molecule has 1 aromatic heterocycles. The molecule has 1 N–H and O–H groups in total. The Morgan fingerprint density at radius 2 is 1.88 bits per heavy atom. The SMILES string of the molecule is CC[C@@H]1CCCCN1CCCNC(=O)c1nn(-c2ccccc2OC)c(=O)c2ccccc12. The van der Waals surface area contributed by atoms with E-state index in [0.717, 1.165) is 19.5 Å². The average molecular weight is 449 g/mol. The highest BCUT2D eigenvalue weighted by molar-refractivity contribution is 6.04. The number of nitrogens with one attached hydrogen (secondary N) is 1. The van der Waals surface area contributed by atoms with Crippen LogP contribution >= 0.6 is 0 Å². The van der Waals surface area contributed by atoms with Gasteiger partial charge in [-0.2, -0.15) is 9.78 Å². The molecule has 0 bridgehead atoms. The van der Waals surface area contributed by atoms with Crippen molar-refractivity contribution < 1.29 is 9.53 Å². The van der Waals surface area contributed by atoms with Gasteiger partial charge in [0.25, 0.3) is 11.5 Å². The molecule has 0 saturated carbocycles. The van der Waals surface area contributed by atoms with Crippen LogP contribution in [0, 0.1) is 0 Å². The molecule has 33 heavy (non-hydrogen) atoms. The van der Waals surface area contributed by atoms with E-state index in [0.29, 0.717) is 34.8 Å². The van der Waals surface area contributed by atoms with Gasteiger partial charge in [0.05, 0.1) is 12.5 Å². The fourth-order valence-electron chi connectivity index (χ4n) is 4.71. The lowest BCUT2D eigenvalue weighted by Crippen LogP contribution is -2.40. The number of piperidine rings is 1. The Balaban J connectivity index is 1.56. The van der Waals surface area contributed by atoms with Crippen LogP contribution < -0.4 is 15.6 Å². The summed E-state index contributed by atoms with van der Waals surface area (Å²) in [5, 5.41) is 8.49. The van der Waals surface area contributed by atoms with Gasteiger partial charge in [0.15, 0.2) is 5.69 Å². The van der Waals surface area contributed by atoms with Gasteiger partial charge in [-0.1, -0.05) is 43.7 Å². The lowest BCUT2D eigenvalue weighted by Gasteiger charge is -2.35. The molecule has 7 heteroatoms. The molecule has 1 aliphatic heterocycles. The van der Waals surface area contributed by atoms with E-state index in [-0.39, 0.29) is 17.2 Å². The highest BCUT2D eigenvalue weighted by atomic mass is 16.5. The molecule has 7 nitrogen and oxygen atoms in total. The van der Waals surface area contributed by atoms with Gasteiger partial charge in [0, 0.05) is 24.5 Å². The number of methoxy groups -OCH3 is 1. The molecule has 0 unspecified atom stereocenters. The number of likely N-dealkylation sites (tertiary alicyclic amines) is 1. The predicted octanol–water partition coefficient (Wildman–Crippen LogP) is 3.78. The van der Waals surface area contributed by atoms with Gasteiger partial charge in [-0.25, -0.2) is 0 Å². The molecule has 4 rings (SSSR count). The Hall–Kier alpha value is -3.19. The summed E-state index contributed by atoms with van der Waals surface area (Å²) in [6, 6.07) is 14.9. The second kappa shape index (κ2) is 10.6. The summed E-state index contributed by atoms with van der Waals surface area (Å²) in [6.45, 7) is 4.93. The van der Waals surface area contributed by atoms with Gasteiger partial charge < -0.3 is 15.0 Å². The standard InChI is InChI=1S/C26H32N4O3/c1-3-19-11-8-9-17-29(19)18-10-16-27-25(31)24-20-12-4-5-13-21(20)26(32)30(28-24)22-14-6-7-15-23(22)33-2/h4-7,12-15,19H,3,8-11,16-18H2,1-2H3,(H,27,31)/t19-/m1/s1. The van der Waals surface area contributed by atoms with Crippen LogP contribution in [0.5, 0.6) is 5.75 Å². The highest BCUT2D eigenvalue weighted by Gasteiger charge is 2.21. The number of benzene rings is 2. The molecule has 1 fully saturated rings. The van der Waals surface area contributed by atoms with Gasteiger partial charge in [-0.05, 0) is 50.4 Å². The van der Waals surface area contributed by atoms with Crippen LogP contribution in [0.3, 0.4) is 0 Å². The quantitative estimate of drug-likeness (QED) is 0.531. The summed E-state index contributed by atoms with van der Waals surface area (Å²) in [6.07, 6.45) is 5.89. The third-order valence-electron chi connectivity index (χ3n) is 6.46. The Bertz CT molecular complexity index is 1170. The molecule has 3 aromatic rings. The van der Waals surface area contributed by atoms with Crippen molar-refractivity contribution in [1.82, 2.24) is 20.0 Å². The van der Waals surface area contributed by atoms with E-state index < -0.39 is 0 Å². The number of carbonyl (C=O) groups excluding carboxylic acids is 1. The molecule has 1 atom stereocenters. The summed E-state index contributed by atoms with van der Waals surface area (Å²) >= 11 is 0. The van der Waals surface area contributed by atoms with Crippen LogP contribution in [0.2, 0.25) is 0 Å². The van der Waals surface area contributed by atoms with Crippen molar-refractivity contribution in [3.05, 3.63) is 64.6 Å². The van der Waals surface area contributed by atoms with Crippen LogP contribution in [0.25, 0.3) is 16.5 Å². The molecular weight excluding hydrogens is 416 g/mol. The van der Waals surface area contributed by atoms with Crippen molar-refractivity contribution in [2.75, 3.05) is 26.7 Å². The normalized spacial score (nSPS) is 16.6.